The van der Waals surface area contributed by atoms with Gasteiger partial charge in [-0.1, -0.05) is 60.2 Å². The number of carbonyl (C=O) groups is 6. The van der Waals surface area contributed by atoms with Crippen molar-refractivity contribution >= 4 is 58.0 Å². The zero-order valence-electron chi connectivity index (χ0n) is 32.0. The number of aromatic nitrogens is 1. The number of phenols is 1. The van der Waals surface area contributed by atoms with E-state index in [1.54, 1.807) is 18.3 Å². The van der Waals surface area contributed by atoms with E-state index in [4.69, 9.17) is 16.3 Å². The number of benzene rings is 3. The van der Waals surface area contributed by atoms with Gasteiger partial charge >= 0.3 is 5.97 Å². The summed E-state index contributed by atoms with van der Waals surface area (Å²) in [5, 5.41) is 22.0. The Morgan fingerprint density at radius 3 is 2.28 bits per heavy atom. The number of alkyl halides is 1. The first-order valence-electron chi connectivity index (χ1n) is 18.9. The molecule has 6 N–H and O–H groups in total. The summed E-state index contributed by atoms with van der Waals surface area (Å²) in [5.41, 5.74) is 4.20. The van der Waals surface area contributed by atoms with E-state index in [1.807, 2.05) is 55.5 Å². The highest BCUT2D eigenvalue weighted by Crippen LogP contribution is 2.22. The van der Waals surface area contributed by atoms with Crippen molar-refractivity contribution in [3.63, 3.8) is 0 Å². The maximum absolute atomic E-state index is 14.4. The van der Waals surface area contributed by atoms with Crippen LogP contribution in [0, 0.1) is 6.92 Å². The van der Waals surface area contributed by atoms with Crippen molar-refractivity contribution in [2.75, 3.05) is 19.5 Å². The summed E-state index contributed by atoms with van der Waals surface area (Å²) in [6.07, 6.45) is 3.18. The number of para-hydroxylation sites is 1. The second-order valence-electron chi connectivity index (χ2n) is 14.2. The topological polar surface area (TPSA) is 199 Å². The molecule has 1 fully saturated rings. The molecule has 1 unspecified atom stereocenters. The molecule has 1 aliphatic heterocycles. The molecule has 302 valence electrons. The van der Waals surface area contributed by atoms with E-state index in [2.05, 4.69) is 26.3 Å². The van der Waals surface area contributed by atoms with Gasteiger partial charge in [0, 0.05) is 49.5 Å². The van der Waals surface area contributed by atoms with E-state index < -0.39 is 65.6 Å². The molecule has 1 aliphatic rings. The van der Waals surface area contributed by atoms with Gasteiger partial charge in [-0.3, -0.25) is 28.8 Å². The monoisotopic (exact) mass is 800 g/mol. The number of fused-ring (bicyclic) bond motifs is 1. The fourth-order valence-electron chi connectivity index (χ4n) is 6.89. The minimum Gasteiger partial charge on any atom is -0.508 e. The molecule has 4 aromatic rings. The van der Waals surface area contributed by atoms with Gasteiger partial charge in [0.15, 0.2) is 0 Å². The van der Waals surface area contributed by atoms with E-state index in [-0.39, 0.29) is 50.9 Å². The maximum Gasteiger partial charge on any atom is 0.305 e. The lowest BCUT2D eigenvalue weighted by Crippen LogP contribution is -2.61. The van der Waals surface area contributed by atoms with Gasteiger partial charge in [-0.2, -0.15) is 0 Å². The van der Waals surface area contributed by atoms with Crippen molar-refractivity contribution in [2.45, 2.75) is 82.6 Å². The average Bonchev–Trinajstić information content (AvgIpc) is 3.64. The summed E-state index contributed by atoms with van der Waals surface area (Å²) in [4.78, 5) is 85.3. The van der Waals surface area contributed by atoms with Crippen molar-refractivity contribution < 1.29 is 38.6 Å². The van der Waals surface area contributed by atoms with E-state index in [1.165, 1.54) is 24.1 Å². The molecule has 0 bridgehead atoms. The lowest BCUT2D eigenvalue weighted by Gasteiger charge is -2.37. The minimum absolute atomic E-state index is 0.0483. The molecule has 4 atom stereocenters. The van der Waals surface area contributed by atoms with Crippen LogP contribution in [0.4, 0.5) is 0 Å². The number of hydrogen-bond acceptors (Lipinski definition) is 8. The van der Waals surface area contributed by atoms with Crippen LogP contribution in [0.25, 0.3) is 10.9 Å². The molecule has 0 saturated carbocycles. The summed E-state index contributed by atoms with van der Waals surface area (Å²) in [6, 6.07) is 17.1. The molecule has 14 nitrogen and oxygen atoms in total. The Balaban J connectivity index is 1.40. The van der Waals surface area contributed by atoms with Crippen LogP contribution < -0.4 is 21.3 Å². The Bertz CT molecular complexity index is 2040. The van der Waals surface area contributed by atoms with Gasteiger partial charge in [0.05, 0.1) is 7.11 Å². The van der Waals surface area contributed by atoms with E-state index >= 15 is 0 Å². The number of amides is 5. The van der Waals surface area contributed by atoms with Crippen LogP contribution in [-0.2, 0) is 52.9 Å². The van der Waals surface area contributed by atoms with Gasteiger partial charge in [-0.25, -0.2) is 0 Å². The molecule has 5 rings (SSSR count). The molecule has 2 heterocycles. The van der Waals surface area contributed by atoms with Crippen LogP contribution in [0.1, 0.15) is 54.4 Å². The van der Waals surface area contributed by atoms with Gasteiger partial charge in [-0.05, 0) is 67.5 Å². The van der Waals surface area contributed by atoms with Crippen molar-refractivity contribution in [3.05, 3.63) is 101 Å². The predicted molar refractivity (Wildman–Crippen MR) is 214 cm³/mol. The number of carbonyl (C=O) groups excluding carboxylic acids is 6. The first kappa shape index (κ1) is 42.3. The second kappa shape index (κ2) is 20.3. The summed E-state index contributed by atoms with van der Waals surface area (Å²) in [5.74, 6) is -3.76. The Morgan fingerprint density at radius 2 is 1.56 bits per heavy atom. The number of methoxy groups -OCH3 is 1. The Kier molecular flexibility index (Phi) is 15.1. The molecule has 3 aromatic carbocycles. The highest BCUT2D eigenvalue weighted by atomic mass is 35.5. The van der Waals surface area contributed by atoms with Gasteiger partial charge in [0.2, 0.25) is 29.5 Å². The van der Waals surface area contributed by atoms with Gasteiger partial charge in [0.1, 0.15) is 35.8 Å². The fourth-order valence-corrected chi connectivity index (χ4v) is 6.97. The Labute approximate surface area is 336 Å². The molecular weight excluding hydrogens is 752 g/mol. The lowest BCUT2D eigenvalue weighted by atomic mass is 9.97. The van der Waals surface area contributed by atoms with Crippen LogP contribution in [0.15, 0.2) is 79.0 Å². The summed E-state index contributed by atoms with van der Waals surface area (Å²) in [7, 11) is 1.22. The van der Waals surface area contributed by atoms with Gasteiger partial charge in [-0.15, -0.1) is 11.6 Å². The number of phenolic OH excluding ortho intramolecular Hbond substituents is 1. The molecule has 0 radical (unpaired) electrons. The SMILES string of the molecule is COC(=O)CC[C@H](NC(=O)CCl)C(=O)N1CCCC[C@H]1C(=O)NC(Cc1c[nH]c2ccccc12)C(=O)N[C@@H](Cc1ccc(O)cc1)C(=O)NCc1ccc(C)cc1. The van der Waals surface area contributed by atoms with E-state index in [0.717, 1.165) is 27.6 Å². The third-order valence-electron chi connectivity index (χ3n) is 10.0. The number of rotatable bonds is 17. The summed E-state index contributed by atoms with van der Waals surface area (Å²) in [6.45, 7) is 2.39. The number of hydrogen-bond donors (Lipinski definition) is 6. The smallest absolute Gasteiger partial charge is 0.305 e. The lowest BCUT2D eigenvalue weighted by molar-refractivity contribution is -0.146. The molecule has 57 heavy (non-hydrogen) atoms. The number of nitrogens with zero attached hydrogens (tertiary/aromatic N) is 1. The van der Waals surface area contributed by atoms with Crippen molar-refractivity contribution in [1.29, 1.82) is 0 Å². The van der Waals surface area contributed by atoms with Crippen LogP contribution >= 0.6 is 11.6 Å². The number of nitrogens with one attached hydrogen (secondary N) is 5. The highest BCUT2D eigenvalue weighted by Gasteiger charge is 2.38. The normalized spacial score (nSPS) is 15.5. The molecule has 1 saturated heterocycles. The molecule has 1 aromatic heterocycles. The Hall–Kier alpha value is -5.89. The van der Waals surface area contributed by atoms with E-state index in [9.17, 15) is 33.9 Å². The second-order valence-corrected chi connectivity index (χ2v) is 14.4. The average molecular weight is 801 g/mol. The quantitative estimate of drug-likeness (QED) is 0.0691. The van der Waals surface area contributed by atoms with Gasteiger partial charge in [0.25, 0.3) is 0 Å². The number of piperidine rings is 1. The number of aromatic amines is 1. The zero-order chi connectivity index (χ0) is 40.9. The summed E-state index contributed by atoms with van der Waals surface area (Å²) < 4.78 is 4.73. The predicted octanol–water partition coefficient (Wildman–Crippen LogP) is 3.31. The van der Waals surface area contributed by atoms with Gasteiger partial charge < -0.3 is 41.0 Å². The number of ether oxygens (including phenoxy) is 1. The Morgan fingerprint density at radius 1 is 0.860 bits per heavy atom. The van der Waals surface area contributed by atoms with Crippen LogP contribution in [0.3, 0.4) is 0 Å². The third-order valence-corrected chi connectivity index (χ3v) is 10.3. The number of likely N-dealkylation sites (tertiary alicyclic amines) is 1. The summed E-state index contributed by atoms with van der Waals surface area (Å²) >= 11 is 5.73. The van der Waals surface area contributed by atoms with Crippen LogP contribution in [0.2, 0.25) is 0 Å². The molecule has 0 aliphatic carbocycles. The number of halogens is 1. The molecule has 15 heteroatoms. The van der Waals surface area contributed by atoms with Crippen molar-refractivity contribution in [1.82, 2.24) is 31.2 Å². The first-order chi connectivity index (χ1) is 27.4. The van der Waals surface area contributed by atoms with E-state index in [0.29, 0.717) is 18.4 Å². The number of esters is 1. The van der Waals surface area contributed by atoms with Crippen LogP contribution in [0.5, 0.6) is 5.75 Å². The number of aromatic hydroxyl groups is 1. The fraction of sp³-hybridized carbons (Fsp3) is 0.381. The maximum atomic E-state index is 14.4. The minimum atomic E-state index is -1.19. The molecular formula is C42H49ClN6O8. The zero-order valence-corrected chi connectivity index (χ0v) is 32.8. The van der Waals surface area contributed by atoms with Crippen molar-refractivity contribution in [3.8, 4) is 5.75 Å². The number of H-pyrrole nitrogens is 1. The number of aryl methyl sites for hydroxylation is 1. The van der Waals surface area contributed by atoms with Crippen molar-refractivity contribution in [2.24, 2.45) is 0 Å². The largest absolute Gasteiger partial charge is 0.508 e. The molecule has 0 spiro atoms. The molecule has 5 amide bonds. The highest BCUT2D eigenvalue weighted by molar-refractivity contribution is 6.27. The standard InChI is InChI=1S/C42H49ClN6O8/c1-26-10-12-28(13-11-26)24-45-39(53)34(21-27-14-16-30(50)17-15-27)47-40(54)35(22-29-25-44-32-8-4-3-7-31(29)32)48-41(55)36-9-5-6-20-49(36)42(56)33(46-37(51)23-43)18-19-38(52)57-2/h3-4,7-8,10-17,25,33-36,44,50H,5-6,9,18-24H2,1-2H3,(H,45,53)(H,46,51)(H,47,54)(H,48,55)/t33-,34-,35?,36-/m0/s1. The first-order valence-corrected chi connectivity index (χ1v) is 19.5. The van der Waals surface area contributed by atoms with Crippen LogP contribution in [-0.4, -0.2) is 94.2 Å². The third kappa shape index (κ3) is 11.8.